The molecule has 10 heteroatoms. The number of primary amides is 1. The molecule has 0 radical (unpaired) electrons. The minimum Gasteiger partial charge on any atom is -0.481 e. The average Bonchev–Trinajstić information content (AvgIpc) is 3.42. The van der Waals surface area contributed by atoms with Crippen LogP contribution in [0.4, 0.5) is 11.6 Å². The van der Waals surface area contributed by atoms with Crippen molar-refractivity contribution in [2.75, 3.05) is 5.32 Å². The monoisotopic (exact) mass is 446 g/mol. The molecule has 3 aromatic heterocycles. The molecule has 1 saturated carbocycles. The number of fused-ring (bicyclic) bond motifs is 1. The molecule has 0 saturated heterocycles. The van der Waals surface area contributed by atoms with Gasteiger partial charge in [-0.05, 0) is 31.0 Å². The molecule has 1 fully saturated rings. The molecule has 10 nitrogen and oxygen atoms in total. The number of carbonyl (C=O) groups excluding carboxylic acids is 1. The van der Waals surface area contributed by atoms with Crippen molar-refractivity contribution < 1.29 is 19.1 Å². The number of nitrogens with two attached hydrogens (primary N) is 1. The number of carboxylic acid groups (broad SMARTS) is 1. The summed E-state index contributed by atoms with van der Waals surface area (Å²) in [4.78, 5) is 37.0. The lowest BCUT2D eigenvalue weighted by molar-refractivity contribution is -0.159. The Balaban J connectivity index is 1.51. The molecule has 4 aromatic rings. The van der Waals surface area contributed by atoms with Gasteiger partial charge >= 0.3 is 5.97 Å². The Morgan fingerprint density at radius 2 is 2.12 bits per heavy atom. The summed E-state index contributed by atoms with van der Waals surface area (Å²) in [7, 11) is 0. The number of oxazole rings is 1. The third-order valence-electron chi connectivity index (χ3n) is 6.33. The summed E-state index contributed by atoms with van der Waals surface area (Å²) in [6.45, 7) is 0. The fourth-order valence-corrected chi connectivity index (χ4v) is 4.48. The molecular weight excluding hydrogens is 424 g/mol. The first-order chi connectivity index (χ1) is 16.0. The number of hydrogen-bond acceptors (Lipinski definition) is 7. The van der Waals surface area contributed by atoms with Gasteiger partial charge in [0.15, 0.2) is 12.2 Å². The van der Waals surface area contributed by atoms with Crippen LogP contribution in [0.1, 0.15) is 31.7 Å². The maximum absolute atomic E-state index is 12.2. The van der Waals surface area contributed by atoms with Crippen LogP contribution < -0.4 is 11.1 Å². The molecule has 0 spiro atoms. The van der Waals surface area contributed by atoms with Gasteiger partial charge in [-0.3, -0.25) is 9.59 Å². The second kappa shape index (κ2) is 8.05. The van der Waals surface area contributed by atoms with Crippen LogP contribution >= 0.6 is 0 Å². The smallest absolute Gasteiger partial charge is 0.311 e. The lowest BCUT2D eigenvalue weighted by Crippen LogP contribution is -2.46. The highest BCUT2D eigenvalue weighted by molar-refractivity contribution is 5.82. The molecule has 3 heterocycles. The van der Waals surface area contributed by atoms with Gasteiger partial charge in [-0.2, -0.15) is 4.98 Å². The fraction of sp³-hybridized carbons (Fsp3) is 0.261. The summed E-state index contributed by atoms with van der Waals surface area (Å²) < 4.78 is 7.11. The van der Waals surface area contributed by atoms with E-state index in [1.54, 1.807) is 23.2 Å². The van der Waals surface area contributed by atoms with Crippen molar-refractivity contribution in [1.29, 1.82) is 0 Å². The standard InChI is InChI=1S/C23H22N6O4/c24-19(30)10-18(23(21(31)32)6-2-7-23)29-8-5-15-11-26-22(28-20(15)29)27-16-4-1-3-14(9-16)17-12-25-13-33-17/h1,3-5,8-9,11-13,18H,2,6-7,10H2,(H2,24,30)(H,31,32)(H,26,27,28). The van der Waals surface area contributed by atoms with Crippen molar-refractivity contribution in [3.8, 4) is 11.3 Å². The van der Waals surface area contributed by atoms with Crippen LogP contribution in [-0.4, -0.2) is 36.5 Å². The van der Waals surface area contributed by atoms with Gasteiger partial charge < -0.3 is 25.1 Å². The van der Waals surface area contributed by atoms with Crippen LogP contribution in [0.3, 0.4) is 0 Å². The Morgan fingerprint density at radius 3 is 2.79 bits per heavy atom. The zero-order valence-corrected chi connectivity index (χ0v) is 17.6. The number of nitrogens with one attached hydrogen (secondary N) is 1. The number of anilines is 2. The predicted molar refractivity (Wildman–Crippen MR) is 120 cm³/mol. The lowest BCUT2D eigenvalue weighted by atomic mass is 9.63. The number of carbonyl (C=O) groups is 2. The highest BCUT2D eigenvalue weighted by Crippen LogP contribution is 2.51. The lowest BCUT2D eigenvalue weighted by Gasteiger charge is -2.44. The molecule has 33 heavy (non-hydrogen) atoms. The van der Waals surface area contributed by atoms with Crippen LogP contribution in [0.2, 0.25) is 0 Å². The zero-order valence-electron chi connectivity index (χ0n) is 17.6. The Morgan fingerprint density at radius 1 is 1.27 bits per heavy atom. The van der Waals surface area contributed by atoms with Crippen molar-refractivity contribution >= 4 is 34.5 Å². The number of benzene rings is 1. The summed E-state index contributed by atoms with van der Waals surface area (Å²) in [6, 6.07) is 8.71. The van der Waals surface area contributed by atoms with Crippen LogP contribution in [0.25, 0.3) is 22.4 Å². The fourth-order valence-electron chi connectivity index (χ4n) is 4.48. The van der Waals surface area contributed by atoms with Gasteiger partial charge in [0.05, 0.1) is 17.7 Å². The highest BCUT2D eigenvalue weighted by Gasteiger charge is 2.52. The van der Waals surface area contributed by atoms with Gasteiger partial charge in [0.25, 0.3) is 0 Å². The Bertz CT molecular complexity index is 1330. The largest absolute Gasteiger partial charge is 0.481 e. The number of carboxylic acids is 1. The van der Waals surface area contributed by atoms with Gasteiger partial charge in [-0.1, -0.05) is 18.6 Å². The van der Waals surface area contributed by atoms with Crippen molar-refractivity contribution in [1.82, 2.24) is 19.5 Å². The van der Waals surface area contributed by atoms with Gasteiger partial charge in [0.1, 0.15) is 5.65 Å². The van der Waals surface area contributed by atoms with E-state index in [2.05, 4.69) is 20.3 Å². The number of rotatable bonds is 8. The Hall–Kier alpha value is -4.21. The minimum atomic E-state index is -1.04. The molecular formula is C23H22N6O4. The first kappa shape index (κ1) is 20.7. The molecule has 0 bridgehead atoms. The van der Waals surface area contributed by atoms with Crippen LogP contribution in [0.15, 0.2) is 59.7 Å². The van der Waals surface area contributed by atoms with E-state index in [4.69, 9.17) is 10.2 Å². The molecule has 1 amide bonds. The maximum atomic E-state index is 12.2. The number of aromatic nitrogens is 4. The maximum Gasteiger partial charge on any atom is 0.311 e. The number of amides is 1. The van der Waals surface area contributed by atoms with E-state index < -0.39 is 23.3 Å². The molecule has 0 aliphatic heterocycles. The number of hydrogen-bond donors (Lipinski definition) is 3. The van der Waals surface area contributed by atoms with Gasteiger partial charge in [-0.15, -0.1) is 0 Å². The second-order valence-electron chi connectivity index (χ2n) is 8.27. The number of aliphatic carboxylic acids is 1. The molecule has 4 N–H and O–H groups in total. The molecule has 168 valence electrons. The highest BCUT2D eigenvalue weighted by atomic mass is 16.4. The Labute approximate surface area is 188 Å². The van der Waals surface area contributed by atoms with Crippen LogP contribution in [0, 0.1) is 5.41 Å². The first-order valence-corrected chi connectivity index (χ1v) is 10.6. The summed E-state index contributed by atoms with van der Waals surface area (Å²) >= 11 is 0. The quantitative estimate of drug-likeness (QED) is 0.372. The predicted octanol–water partition coefficient (Wildman–Crippen LogP) is 3.50. The second-order valence-corrected chi connectivity index (χ2v) is 8.27. The van der Waals surface area contributed by atoms with Crippen molar-refractivity contribution in [2.45, 2.75) is 31.7 Å². The van der Waals surface area contributed by atoms with Gasteiger partial charge in [0, 0.05) is 35.5 Å². The molecule has 1 atom stereocenters. The molecule has 1 aliphatic rings. The van der Waals surface area contributed by atoms with E-state index in [1.165, 1.54) is 6.39 Å². The Kier molecular flexibility index (Phi) is 5.04. The first-order valence-electron chi connectivity index (χ1n) is 10.6. The van der Waals surface area contributed by atoms with Gasteiger partial charge in [0.2, 0.25) is 11.9 Å². The zero-order chi connectivity index (χ0) is 23.0. The van der Waals surface area contributed by atoms with E-state index in [9.17, 15) is 14.7 Å². The molecule has 1 aliphatic carbocycles. The minimum absolute atomic E-state index is 0.0813. The summed E-state index contributed by atoms with van der Waals surface area (Å²) in [5, 5.41) is 13.9. The topological polar surface area (TPSA) is 149 Å². The van der Waals surface area contributed by atoms with E-state index >= 15 is 0 Å². The molecule has 1 aromatic carbocycles. The van der Waals surface area contributed by atoms with Crippen molar-refractivity contribution in [2.24, 2.45) is 11.1 Å². The normalized spacial score (nSPS) is 15.6. The average molecular weight is 446 g/mol. The van der Waals surface area contributed by atoms with E-state index in [-0.39, 0.29) is 6.42 Å². The summed E-state index contributed by atoms with van der Waals surface area (Å²) in [5.74, 6) is -0.491. The SMILES string of the molecule is NC(=O)CC(n1ccc2cnc(Nc3cccc(-c4cnco4)c3)nc21)C1(C(=O)O)CCC1. The van der Waals surface area contributed by atoms with E-state index in [1.807, 2.05) is 30.3 Å². The molecule has 5 rings (SSSR count). The van der Waals surface area contributed by atoms with Crippen molar-refractivity contribution in [3.63, 3.8) is 0 Å². The van der Waals surface area contributed by atoms with Crippen molar-refractivity contribution in [3.05, 3.63) is 55.3 Å². The van der Waals surface area contributed by atoms with Crippen LogP contribution in [0.5, 0.6) is 0 Å². The van der Waals surface area contributed by atoms with E-state index in [0.717, 1.165) is 23.1 Å². The van der Waals surface area contributed by atoms with Crippen LogP contribution in [-0.2, 0) is 9.59 Å². The van der Waals surface area contributed by atoms with E-state index in [0.29, 0.717) is 30.2 Å². The summed E-state index contributed by atoms with van der Waals surface area (Å²) in [5.41, 5.74) is 6.60. The summed E-state index contributed by atoms with van der Waals surface area (Å²) in [6.07, 6.45) is 8.11. The molecule has 1 unspecified atom stereocenters. The van der Waals surface area contributed by atoms with Gasteiger partial charge in [-0.25, -0.2) is 9.97 Å². The number of nitrogens with zero attached hydrogens (tertiary/aromatic N) is 4. The third kappa shape index (κ3) is 3.69. The third-order valence-corrected chi connectivity index (χ3v) is 6.33.